The first-order chi connectivity index (χ1) is 11.7. The van der Waals surface area contributed by atoms with Crippen LogP contribution in [0.2, 0.25) is 0 Å². The first-order valence-electron chi connectivity index (χ1n) is 7.24. The summed E-state index contributed by atoms with van der Waals surface area (Å²) in [6.07, 6.45) is -4.53. The fourth-order valence-electron chi connectivity index (χ4n) is 2.01. The third kappa shape index (κ3) is 4.97. The molecular weight excluding hydrogens is 335 g/mol. The van der Waals surface area contributed by atoms with Gasteiger partial charge in [-0.05, 0) is 36.4 Å². The van der Waals surface area contributed by atoms with Crippen LogP contribution in [0.4, 0.5) is 30.2 Å². The zero-order valence-corrected chi connectivity index (χ0v) is 13.5. The number of hydrogen-bond acceptors (Lipinski definition) is 3. The van der Waals surface area contributed by atoms with E-state index in [1.807, 2.05) is 25.1 Å². The largest absolute Gasteiger partial charge is 0.416 e. The number of amides is 2. The monoisotopic (exact) mass is 351 g/mol. The van der Waals surface area contributed by atoms with Crippen molar-refractivity contribution in [1.82, 2.24) is 0 Å². The van der Waals surface area contributed by atoms with Crippen molar-refractivity contribution in [3.05, 3.63) is 54.1 Å². The Balaban J connectivity index is 2.06. The maximum Gasteiger partial charge on any atom is 0.416 e. The standard InChI is InChI=1S/C17H16F3N3O2/c1-23(2)14-8-4-7-13(10-14)22-16(25)15(24)21-12-6-3-5-11(9-12)17(18,19)20/h3-10H,1-2H3,(H,21,24)(H,22,25). The number of alkyl halides is 3. The van der Waals surface area contributed by atoms with Crippen LogP contribution >= 0.6 is 0 Å². The van der Waals surface area contributed by atoms with Crippen molar-refractivity contribution in [3.8, 4) is 0 Å². The van der Waals surface area contributed by atoms with E-state index >= 15 is 0 Å². The van der Waals surface area contributed by atoms with E-state index in [-0.39, 0.29) is 5.69 Å². The van der Waals surface area contributed by atoms with Crippen LogP contribution < -0.4 is 15.5 Å². The second-order valence-corrected chi connectivity index (χ2v) is 5.43. The number of carbonyl (C=O) groups is 2. The molecule has 8 heteroatoms. The van der Waals surface area contributed by atoms with Gasteiger partial charge in [-0.3, -0.25) is 9.59 Å². The van der Waals surface area contributed by atoms with Crippen LogP contribution in [0.15, 0.2) is 48.5 Å². The van der Waals surface area contributed by atoms with Crippen molar-refractivity contribution in [2.24, 2.45) is 0 Å². The molecule has 2 rings (SSSR count). The molecule has 25 heavy (non-hydrogen) atoms. The van der Waals surface area contributed by atoms with Crippen LogP contribution in [0, 0.1) is 0 Å². The molecule has 0 aliphatic heterocycles. The van der Waals surface area contributed by atoms with Gasteiger partial charge in [0.2, 0.25) is 0 Å². The van der Waals surface area contributed by atoms with Gasteiger partial charge in [0.1, 0.15) is 0 Å². The zero-order valence-electron chi connectivity index (χ0n) is 13.5. The second-order valence-electron chi connectivity index (χ2n) is 5.43. The Kier molecular flexibility index (Phi) is 5.31. The summed E-state index contributed by atoms with van der Waals surface area (Å²) in [5.41, 5.74) is 0.188. The van der Waals surface area contributed by atoms with Crippen molar-refractivity contribution in [1.29, 1.82) is 0 Å². The highest BCUT2D eigenvalue weighted by Gasteiger charge is 2.30. The molecule has 132 valence electrons. The lowest BCUT2D eigenvalue weighted by Gasteiger charge is -2.14. The molecule has 2 amide bonds. The minimum absolute atomic E-state index is 0.114. The second kappa shape index (κ2) is 7.25. The molecule has 2 aromatic carbocycles. The van der Waals surface area contributed by atoms with Crippen LogP contribution in [0.3, 0.4) is 0 Å². The Morgan fingerprint density at radius 2 is 1.40 bits per heavy atom. The predicted octanol–water partition coefficient (Wildman–Crippen LogP) is 3.35. The quantitative estimate of drug-likeness (QED) is 0.834. The van der Waals surface area contributed by atoms with Gasteiger partial charge in [-0.15, -0.1) is 0 Å². The Hall–Kier alpha value is -3.03. The molecule has 0 aliphatic carbocycles. The molecule has 0 heterocycles. The van der Waals surface area contributed by atoms with Gasteiger partial charge in [-0.1, -0.05) is 12.1 Å². The van der Waals surface area contributed by atoms with E-state index in [1.165, 1.54) is 6.07 Å². The summed E-state index contributed by atoms with van der Waals surface area (Å²) in [6, 6.07) is 10.8. The molecule has 5 nitrogen and oxygen atoms in total. The topological polar surface area (TPSA) is 61.4 Å². The summed E-state index contributed by atoms with van der Waals surface area (Å²) in [6.45, 7) is 0. The van der Waals surface area contributed by atoms with E-state index in [0.29, 0.717) is 5.69 Å². The number of nitrogens with zero attached hydrogens (tertiary/aromatic N) is 1. The third-order valence-electron chi connectivity index (χ3n) is 3.27. The minimum atomic E-state index is -4.53. The SMILES string of the molecule is CN(C)c1cccc(NC(=O)C(=O)Nc2cccc(C(F)(F)F)c2)c1. The Bertz CT molecular complexity index is 789. The van der Waals surface area contributed by atoms with E-state index in [2.05, 4.69) is 10.6 Å². The Labute approximate surface area is 142 Å². The summed E-state index contributed by atoms with van der Waals surface area (Å²) in [4.78, 5) is 25.6. The molecule has 0 atom stereocenters. The van der Waals surface area contributed by atoms with Gasteiger partial charge in [-0.25, -0.2) is 0 Å². The summed E-state index contributed by atoms with van der Waals surface area (Å²) in [7, 11) is 3.64. The van der Waals surface area contributed by atoms with Crippen LogP contribution in [-0.4, -0.2) is 25.9 Å². The number of anilines is 3. The van der Waals surface area contributed by atoms with Gasteiger partial charge in [0.15, 0.2) is 0 Å². The van der Waals surface area contributed by atoms with Crippen molar-refractivity contribution >= 4 is 28.9 Å². The summed E-state index contributed by atoms with van der Waals surface area (Å²) < 4.78 is 38.0. The lowest BCUT2D eigenvalue weighted by molar-refractivity contribution is -0.137. The maximum atomic E-state index is 12.7. The van der Waals surface area contributed by atoms with E-state index < -0.39 is 23.6 Å². The highest BCUT2D eigenvalue weighted by atomic mass is 19.4. The first kappa shape index (κ1) is 18.3. The number of carbonyl (C=O) groups excluding carboxylic acids is 2. The smallest absolute Gasteiger partial charge is 0.378 e. The highest BCUT2D eigenvalue weighted by molar-refractivity contribution is 6.43. The van der Waals surface area contributed by atoms with Crippen molar-refractivity contribution in [2.45, 2.75) is 6.18 Å². The van der Waals surface area contributed by atoms with Crippen molar-refractivity contribution < 1.29 is 22.8 Å². The van der Waals surface area contributed by atoms with Crippen LogP contribution in [0.25, 0.3) is 0 Å². The molecule has 0 spiro atoms. The van der Waals surface area contributed by atoms with E-state index in [9.17, 15) is 22.8 Å². The van der Waals surface area contributed by atoms with Gasteiger partial charge in [-0.2, -0.15) is 13.2 Å². The molecule has 0 fully saturated rings. The normalized spacial score (nSPS) is 10.9. The number of halogens is 3. The fraction of sp³-hybridized carbons (Fsp3) is 0.176. The number of nitrogens with one attached hydrogen (secondary N) is 2. The molecule has 0 unspecified atom stereocenters. The molecule has 0 aliphatic rings. The van der Waals surface area contributed by atoms with Crippen LogP contribution in [0.1, 0.15) is 5.56 Å². The molecule has 0 bridgehead atoms. The predicted molar refractivity (Wildman–Crippen MR) is 89.5 cm³/mol. The zero-order chi connectivity index (χ0) is 18.6. The van der Waals surface area contributed by atoms with Gasteiger partial charge in [0.25, 0.3) is 0 Å². The lowest BCUT2D eigenvalue weighted by atomic mass is 10.2. The van der Waals surface area contributed by atoms with Crippen LogP contribution in [0.5, 0.6) is 0 Å². The molecule has 2 N–H and O–H groups in total. The molecular formula is C17H16F3N3O2. The van der Waals surface area contributed by atoms with E-state index in [4.69, 9.17) is 0 Å². The third-order valence-corrected chi connectivity index (χ3v) is 3.27. The first-order valence-corrected chi connectivity index (χ1v) is 7.24. The molecule has 0 saturated heterocycles. The maximum absolute atomic E-state index is 12.7. The Morgan fingerprint density at radius 1 is 0.880 bits per heavy atom. The summed E-state index contributed by atoms with van der Waals surface area (Å²) >= 11 is 0. The molecule has 2 aromatic rings. The van der Waals surface area contributed by atoms with E-state index in [0.717, 1.165) is 23.9 Å². The van der Waals surface area contributed by atoms with Crippen molar-refractivity contribution in [3.63, 3.8) is 0 Å². The van der Waals surface area contributed by atoms with Gasteiger partial charge in [0, 0.05) is 31.2 Å². The average molecular weight is 351 g/mol. The summed E-state index contributed by atoms with van der Waals surface area (Å²) in [5, 5.41) is 4.55. The number of hydrogen-bond donors (Lipinski definition) is 2. The molecule has 0 radical (unpaired) electrons. The number of rotatable bonds is 3. The van der Waals surface area contributed by atoms with Crippen molar-refractivity contribution in [2.75, 3.05) is 29.6 Å². The van der Waals surface area contributed by atoms with E-state index in [1.54, 1.807) is 18.2 Å². The Morgan fingerprint density at radius 3 is 1.92 bits per heavy atom. The lowest BCUT2D eigenvalue weighted by Crippen LogP contribution is -2.29. The highest BCUT2D eigenvalue weighted by Crippen LogP contribution is 2.30. The van der Waals surface area contributed by atoms with Crippen LogP contribution in [-0.2, 0) is 15.8 Å². The minimum Gasteiger partial charge on any atom is -0.378 e. The average Bonchev–Trinajstić information content (AvgIpc) is 2.54. The number of benzene rings is 2. The van der Waals surface area contributed by atoms with Gasteiger partial charge >= 0.3 is 18.0 Å². The molecule has 0 aromatic heterocycles. The molecule has 0 saturated carbocycles. The van der Waals surface area contributed by atoms with Gasteiger partial charge in [0.05, 0.1) is 5.56 Å². The van der Waals surface area contributed by atoms with Gasteiger partial charge < -0.3 is 15.5 Å². The fourth-order valence-corrected chi connectivity index (χ4v) is 2.01. The summed E-state index contributed by atoms with van der Waals surface area (Å²) in [5.74, 6) is -2.04.